The van der Waals surface area contributed by atoms with Crippen molar-refractivity contribution in [2.45, 2.75) is 13.1 Å². The molecule has 19 heavy (non-hydrogen) atoms. The van der Waals surface area contributed by atoms with E-state index in [2.05, 4.69) is 21.9 Å². The van der Waals surface area contributed by atoms with Crippen molar-refractivity contribution < 1.29 is 4.74 Å². The molecule has 0 aliphatic heterocycles. The van der Waals surface area contributed by atoms with Gasteiger partial charge in [0.15, 0.2) is 0 Å². The molecule has 0 saturated carbocycles. The molecule has 4 heteroatoms. The molecule has 4 nitrogen and oxygen atoms in total. The van der Waals surface area contributed by atoms with Gasteiger partial charge in [0.1, 0.15) is 18.7 Å². The minimum Gasteiger partial charge on any atom is -0.490 e. The SMILES string of the molecule is C=CCOc1ccc(CNCc2ccncn2)cc1. The highest BCUT2D eigenvalue weighted by Crippen LogP contribution is 2.12. The summed E-state index contributed by atoms with van der Waals surface area (Å²) in [6.45, 7) is 5.68. The van der Waals surface area contributed by atoms with Crippen molar-refractivity contribution >= 4 is 0 Å². The first kappa shape index (κ1) is 13.2. The maximum Gasteiger partial charge on any atom is 0.119 e. The van der Waals surface area contributed by atoms with Crippen LogP contribution in [0.4, 0.5) is 0 Å². The van der Waals surface area contributed by atoms with Crippen molar-refractivity contribution in [2.75, 3.05) is 6.61 Å². The first-order valence-corrected chi connectivity index (χ1v) is 6.17. The zero-order valence-electron chi connectivity index (χ0n) is 10.7. The minimum absolute atomic E-state index is 0.533. The van der Waals surface area contributed by atoms with Crippen molar-refractivity contribution in [2.24, 2.45) is 0 Å². The van der Waals surface area contributed by atoms with E-state index < -0.39 is 0 Å². The minimum atomic E-state index is 0.533. The Labute approximate surface area is 113 Å². The second-order valence-corrected chi connectivity index (χ2v) is 4.05. The molecule has 2 rings (SSSR count). The van der Waals surface area contributed by atoms with Crippen LogP contribution in [0.3, 0.4) is 0 Å². The summed E-state index contributed by atoms with van der Waals surface area (Å²) in [5.74, 6) is 0.861. The lowest BCUT2D eigenvalue weighted by molar-refractivity contribution is 0.363. The van der Waals surface area contributed by atoms with Gasteiger partial charge in [0.05, 0.1) is 5.69 Å². The average Bonchev–Trinajstić information content (AvgIpc) is 2.47. The smallest absolute Gasteiger partial charge is 0.119 e. The Morgan fingerprint density at radius 1 is 1.16 bits per heavy atom. The molecule has 98 valence electrons. The molecule has 0 saturated heterocycles. The van der Waals surface area contributed by atoms with Gasteiger partial charge in [-0.25, -0.2) is 9.97 Å². The quantitative estimate of drug-likeness (QED) is 0.771. The van der Waals surface area contributed by atoms with E-state index in [0.29, 0.717) is 6.61 Å². The van der Waals surface area contributed by atoms with Gasteiger partial charge in [0.2, 0.25) is 0 Å². The molecule has 0 unspecified atom stereocenters. The van der Waals surface area contributed by atoms with Crippen molar-refractivity contribution in [3.05, 3.63) is 66.8 Å². The van der Waals surface area contributed by atoms with Crippen molar-refractivity contribution in [1.29, 1.82) is 0 Å². The lowest BCUT2D eigenvalue weighted by Gasteiger charge is -2.06. The van der Waals surface area contributed by atoms with Crippen molar-refractivity contribution in [3.8, 4) is 5.75 Å². The topological polar surface area (TPSA) is 47.0 Å². The molecule has 0 spiro atoms. The monoisotopic (exact) mass is 255 g/mol. The summed E-state index contributed by atoms with van der Waals surface area (Å²) in [5, 5.41) is 3.33. The number of hydrogen-bond acceptors (Lipinski definition) is 4. The Kier molecular flexibility index (Phi) is 5.07. The van der Waals surface area contributed by atoms with E-state index in [9.17, 15) is 0 Å². The zero-order chi connectivity index (χ0) is 13.3. The molecular formula is C15H17N3O. The second kappa shape index (κ2) is 7.28. The van der Waals surface area contributed by atoms with Gasteiger partial charge >= 0.3 is 0 Å². The van der Waals surface area contributed by atoms with E-state index >= 15 is 0 Å². The number of aromatic nitrogens is 2. The third kappa shape index (κ3) is 4.52. The maximum absolute atomic E-state index is 5.43. The van der Waals surface area contributed by atoms with Gasteiger partial charge in [-0.1, -0.05) is 24.8 Å². The number of ether oxygens (including phenoxy) is 1. The van der Waals surface area contributed by atoms with Crippen molar-refractivity contribution in [1.82, 2.24) is 15.3 Å². The molecule has 0 aliphatic rings. The van der Waals surface area contributed by atoms with Crippen LogP contribution in [0.1, 0.15) is 11.3 Å². The van der Waals surface area contributed by atoms with Crippen LogP contribution in [-0.2, 0) is 13.1 Å². The van der Waals surface area contributed by atoms with E-state index in [4.69, 9.17) is 4.74 Å². The molecule has 0 fully saturated rings. The predicted molar refractivity (Wildman–Crippen MR) is 74.7 cm³/mol. The van der Waals surface area contributed by atoms with Gasteiger partial charge < -0.3 is 10.1 Å². The van der Waals surface area contributed by atoms with Gasteiger partial charge in [-0.3, -0.25) is 0 Å². The van der Waals surface area contributed by atoms with Crippen LogP contribution in [-0.4, -0.2) is 16.6 Å². The number of nitrogens with one attached hydrogen (secondary N) is 1. The largest absolute Gasteiger partial charge is 0.490 e. The van der Waals surface area contributed by atoms with Crippen LogP contribution in [0.5, 0.6) is 5.75 Å². The van der Waals surface area contributed by atoms with E-state index in [1.165, 1.54) is 5.56 Å². The first-order chi connectivity index (χ1) is 9.38. The van der Waals surface area contributed by atoms with E-state index in [-0.39, 0.29) is 0 Å². The van der Waals surface area contributed by atoms with Gasteiger partial charge in [0, 0.05) is 19.3 Å². The maximum atomic E-state index is 5.43. The normalized spacial score (nSPS) is 10.1. The second-order valence-electron chi connectivity index (χ2n) is 4.05. The fourth-order valence-corrected chi connectivity index (χ4v) is 1.62. The Balaban J connectivity index is 1.78. The molecule has 0 radical (unpaired) electrons. The van der Waals surface area contributed by atoms with Crippen LogP contribution < -0.4 is 10.1 Å². The highest BCUT2D eigenvalue weighted by Gasteiger charge is 1.96. The predicted octanol–water partition coefficient (Wildman–Crippen LogP) is 2.33. The van der Waals surface area contributed by atoms with Crippen LogP contribution in [0, 0.1) is 0 Å². The third-order valence-corrected chi connectivity index (χ3v) is 2.57. The Bertz CT molecular complexity index is 497. The molecule has 1 aromatic heterocycles. The first-order valence-electron chi connectivity index (χ1n) is 6.17. The van der Waals surface area contributed by atoms with Crippen LogP contribution >= 0.6 is 0 Å². The Morgan fingerprint density at radius 2 is 2.00 bits per heavy atom. The summed E-state index contributed by atoms with van der Waals surface area (Å²) in [5.41, 5.74) is 2.20. The number of hydrogen-bond donors (Lipinski definition) is 1. The fourth-order valence-electron chi connectivity index (χ4n) is 1.62. The van der Waals surface area contributed by atoms with Gasteiger partial charge in [-0.2, -0.15) is 0 Å². The molecule has 0 atom stereocenters. The van der Waals surface area contributed by atoms with Gasteiger partial charge in [0.25, 0.3) is 0 Å². The average molecular weight is 255 g/mol. The molecule has 1 N–H and O–H groups in total. The lowest BCUT2D eigenvalue weighted by atomic mass is 10.2. The summed E-state index contributed by atoms with van der Waals surface area (Å²) < 4.78 is 5.43. The highest BCUT2D eigenvalue weighted by atomic mass is 16.5. The van der Waals surface area contributed by atoms with E-state index in [0.717, 1.165) is 24.5 Å². The van der Waals surface area contributed by atoms with Crippen LogP contribution in [0.15, 0.2) is 55.5 Å². The third-order valence-electron chi connectivity index (χ3n) is 2.57. The lowest BCUT2D eigenvalue weighted by Crippen LogP contribution is -2.13. The molecule has 0 bridgehead atoms. The molecule has 1 heterocycles. The summed E-state index contributed by atoms with van der Waals surface area (Å²) in [7, 11) is 0. The summed E-state index contributed by atoms with van der Waals surface area (Å²) in [6.07, 6.45) is 5.04. The highest BCUT2D eigenvalue weighted by molar-refractivity contribution is 5.27. The molecular weight excluding hydrogens is 238 g/mol. The summed E-state index contributed by atoms with van der Waals surface area (Å²) in [4.78, 5) is 8.04. The zero-order valence-corrected chi connectivity index (χ0v) is 10.7. The number of benzene rings is 1. The van der Waals surface area contributed by atoms with Crippen LogP contribution in [0.2, 0.25) is 0 Å². The molecule has 2 aromatic rings. The van der Waals surface area contributed by atoms with Crippen LogP contribution in [0.25, 0.3) is 0 Å². The molecule has 1 aromatic carbocycles. The molecule has 0 amide bonds. The number of nitrogens with zero attached hydrogens (tertiary/aromatic N) is 2. The van der Waals surface area contributed by atoms with E-state index in [1.54, 1.807) is 18.6 Å². The fraction of sp³-hybridized carbons (Fsp3) is 0.200. The summed E-state index contributed by atoms with van der Waals surface area (Å²) >= 11 is 0. The Morgan fingerprint density at radius 3 is 2.68 bits per heavy atom. The number of rotatable bonds is 7. The van der Waals surface area contributed by atoms with Crippen molar-refractivity contribution in [3.63, 3.8) is 0 Å². The van der Waals surface area contributed by atoms with Gasteiger partial charge in [-0.05, 0) is 23.8 Å². The standard InChI is InChI=1S/C15H17N3O/c1-2-9-19-15-5-3-13(4-6-15)10-17-11-14-7-8-16-12-18-14/h2-8,12,17H,1,9-11H2. The summed E-state index contributed by atoms with van der Waals surface area (Å²) in [6, 6.07) is 9.92. The molecule has 0 aliphatic carbocycles. The van der Waals surface area contributed by atoms with E-state index in [1.807, 2.05) is 30.3 Å². The van der Waals surface area contributed by atoms with Gasteiger partial charge in [-0.15, -0.1) is 0 Å². The Hall–Kier alpha value is -2.20.